The smallest absolute Gasteiger partial charge is 0.213 e. The number of alkyl halides is 1. The zero-order valence-corrected chi connectivity index (χ0v) is 12.8. The third-order valence-electron chi connectivity index (χ3n) is 3.38. The predicted octanol–water partition coefficient (Wildman–Crippen LogP) is 1.99. The molecule has 1 rings (SSSR count). The Balaban J connectivity index is 2.28. The fourth-order valence-electron chi connectivity index (χ4n) is 2.29. The molecule has 6 heteroatoms. The van der Waals surface area contributed by atoms with Crippen LogP contribution in [0.2, 0.25) is 0 Å². The molecule has 4 nitrogen and oxygen atoms in total. The van der Waals surface area contributed by atoms with Gasteiger partial charge in [0.2, 0.25) is 10.0 Å². The van der Waals surface area contributed by atoms with Gasteiger partial charge < -0.3 is 4.74 Å². The van der Waals surface area contributed by atoms with Crippen molar-refractivity contribution in [2.24, 2.45) is 11.8 Å². The molecule has 1 fully saturated rings. The van der Waals surface area contributed by atoms with Gasteiger partial charge in [0.05, 0.1) is 18.5 Å². The van der Waals surface area contributed by atoms with Crippen LogP contribution >= 0.6 is 11.6 Å². The second kappa shape index (κ2) is 7.68. The van der Waals surface area contributed by atoms with E-state index in [9.17, 15) is 8.42 Å². The van der Waals surface area contributed by atoms with Crippen molar-refractivity contribution in [3.8, 4) is 0 Å². The zero-order chi connectivity index (χ0) is 13.6. The fourth-order valence-corrected chi connectivity index (χ4v) is 3.62. The quantitative estimate of drug-likeness (QED) is 0.697. The summed E-state index contributed by atoms with van der Waals surface area (Å²) in [4.78, 5) is 0. The van der Waals surface area contributed by atoms with E-state index in [1.807, 2.05) is 13.8 Å². The highest BCUT2D eigenvalue weighted by atomic mass is 35.5. The van der Waals surface area contributed by atoms with Crippen LogP contribution in [0.5, 0.6) is 0 Å². The lowest BCUT2D eigenvalue weighted by Crippen LogP contribution is -2.34. The number of halogens is 1. The third kappa shape index (κ3) is 5.87. The van der Waals surface area contributed by atoms with E-state index in [-0.39, 0.29) is 18.5 Å². The number of ether oxygens (including phenoxy) is 1. The van der Waals surface area contributed by atoms with Crippen LogP contribution in [0.25, 0.3) is 0 Å². The van der Waals surface area contributed by atoms with Crippen molar-refractivity contribution in [1.82, 2.24) is 4.72 Å². The number of sulfonamides is 1. The molecule has 0 radical (unpaired) electrons. The summed E-state index contributed by atoms with van der Waals surface area (Å²) in [7, 11) is -3.21. The molecular formula is C12H24ClNO3S. The minimum Gasteiger partial charge on any atom is -0.378 e. The third-order valence-corrected chi connectivity index (χ3v) is 5.09. The topological polar surface area (TPSA) is 55.4 Å². The van der Waals surface area contributed by atoms with E-state index in [1.54, 1.807) is 0 Å². The molecule has 0 amide bonds. The maximum absolute atomic E-state index is 11.7. The minimum absolute atomic E-state index is 0.0312. The van der Waals surface area contributed by atoms with Crippen LogP contribution < -0.4 is 4.72 Å². The van der Waals surface area contributed by atoms with Gasteiger partial charge in [-0.25, -0.2) is 13.1 Å². The molecule has 1 N–H and O–H groups in total. The minimum atomic E-state index is -3.21. The van der Waals surface area contributed by atoms with Crippen LogP contribution in [0.4, 0.5) is 0 Å². The van der Waals surface area contributed by atoms with E-state index in [0.717, 1.165) is 19.3 Å². The molecule has 0 aromatic rings. The molecule has 108 valence electrons. The van der Waals surface area contributed by atoms with Crippen molar-refractivity contribution < 1.29 is 13.2 Å². The first kappa shape index (κ1) is 16.2. The summed E-state index contributed by atoms with van der Waals surface area (Å²) in [6, 6.07) is 0. The van der Waals surface area contributed by atoms with Gasteiger partial charge in [0.15, 0.2) is 0 Å². The van der Waals surface area contributed by atoms with Gasteiger partial charge in [-0.3, -0.25) is 0 Å². The Bertz CT molecular complexity index is 332. The molecule has 0 aromatic heterocycles. The van der Waals surface area contributed by atoms with Crippen molar-refractivity contribution >= 4 is 21.6 Å². The van der Waals surface area contributed by atoms with E-state index < -0.39 is 10.0 Å². The molecular weight excluding hydrogens is 274 g/mol. The molecule has 18 heavy (non-hydrogen) atoms. The maximum atomic E-state index is 11.7. The molecule has 0 spiro atoms. The molecule has 2 atom stereocenters. The molecule has 1 saturated carbocycles. The Morgan fingerprint density at radius 2 is 2.00 bits per heavy atom. The zero-order valence-electron chi connectivity index (χ0n) is 11.2. The molecule has 0 bridgehead atoms. The maximum Gasteiger partial charge on any atom is 0.213 e. The summed E-state index contributed by atoms with van der Waals surface area (Å²) >= 11 is 5.87. The van der Waals surface area contributed by atoms with Gasteiger partial charge in [-0.05, 0) is 38.5 Å². The van der Waals surface area contributed by atoms with Crippen molar-refractivity contribution in [1.29, 1.82) is 0 Å². The van der Waals surface area contributed by atoms with Gasteiger partial charge in [-0.15, -0.1) is 11.6 Å². The highest BCUT2D eigenvalue weighted by Crippen LogP contribution is 2.32. The first-order valence-corrected chi connectivity index (χ1v) is 8.78. The first-order valence-electron chi connectivity index (χ1n) is 6.59. The SMILES string of the molecule is CC(C)OCCS(=O)(=O)NCC1CCCC1CCl. The average Bonchev–Trinajstić information content (AvgIpc) is 2.73. The number of hydrogen-bond acceptors (Lipinski definition) is 3. The Hall–Kier alpha value is 0.160. The van der Waals surface area contributed by atoms with Gasteiger partial charge in [-0.2, -0.15) is 0 Å². The summed E-state index contributed by atoms with van der Waals surface area (Å²) < 4.78 is 31.4. The second-order valence-corrected chi connectivity index (χ2v) is 7.43. The van der Waals surface area contributed by atoms with E-state index in [0.29, 0.717) is 24.3 Å². The highest BCUT2D eigenvalue weighted by Gasteiger charge is 2.27. The van der Waals surface area contributed by atoms with Gasteiger partial charge in [0.1, 0.15) is 0 Å². The first-order chi connectivity index (χ1) is 8.44. The van der Waals surface area contributed by atoms with Gasteiger partial charge in [-0.1, -0.05) is 6.42 Å². The summed E-state index contributed by atoms with van der Waals surface area (Å²) in [5, 5.41) is 0. The summed E-state index contributed by atoms with van der Waals surface area (Å²) in [6.45, 7) is 4.55. The normalized spacial score (nSPS) is 24.9. The molecule has 1 aliphatic carbocycles. The molecule has 1 aliphatic rings. The van der Waals surface area contributed by atoms with Crippen LogP contribution in [-0.4, -0.2) is 39.3 Å². The van der Waals surface area contributed by atoms with Crippen molar-refractivity contribution in [2.75, 3.05) is 24.8 Å². The van der Waals surface area contributed by atoms with Crippen LogP contribution in [0.1, 0.15) is 33.1 Å². The second-order valence-electron chi connectivity index (χ2n) is 5.19. The lowest BCUT2D eigenvalue weighted by Gasteiger charge is -2.17. The summed E-state index contributed by atoms with van der Waals surface area (Å²) in [5.74, 6) is 1.51. The number of hydrogen-bond donors (Lipinski definition) is 1. The highest BCUT2D eigenvalue weighted by molar-refractivity contribution is 7.89. The molecule has 0 aromatic carbocycles. The average molecular weight is 298 g/mol. The van der Waals surface area contributed by atoms with E-state index in [1.165, 1.54) is 0 Å². The Kier molecular flexibility index (Phi) is 6.92. The van der Waals surface area contributed by atoms with Gasteiger partial charge in [0, 0.05) is 12.4 Å². The Morgan fingerprint density at radius 3 is 2.61 bits per heavy atom. The van der Waals surface area contributed by atoms with Crippen LogP contribution in [0.15, 0.2) is 0 Å². The molecule has 0 aliphatic heterocycles. The molecule has 0 saturated heterocycles. The Labute approximate surface area is 115 Å². The van der Waals surface area contributed by atoms with Gasteiger partial charge >= 0.3 is 0 Å². The van der Waals surface area contributed by atoms with Crippen LogP contribution in [0.3, 0.4) is 0 Å². The van der Waals surface area contributed by atoms with Gasteiger partial charge in [0.25, 0.3) is 0 Å². The number of nitrogens with one attached hydrogen (secondary N) is 1. The fraction of sp³-hybridized carbons (Fsp3) is 1.00. The lowest BCUT2D eigenvalue weighted by molar-refractivity contribution is 0.0911. The number of rotatable bonds is 8. The van der Waals surface area contributed by atoms with E-state index in [4.69, 9.17) is 16.3 Å². The van der Waals surface area contributed by atoms with Crippen molar-refractivity contribution in [3.63, 3.8) is 0 Å². The Morgan fingerprint density at radius 1 is 1.33 bits per heavy atom. The van der Waals surface area contributed by atoms with Crippen LogP contribution in [-0.2, 0) is 14.8 Å². The monoisotopic (exact) mass is 297 g/mol. The summed E-state index contributed by atoms with van der Waals surface area (Å²) in [5.41, 5.74) is 0. The van der Waals surface area contributed by atoms with E-state index in [2.05, 4.69) is 4.72 Å². The van der Waals surface area contributed by atoms with Crippen molar-refractivity contribution in [3.05, 3.63) is 0 Å². The van der Waals surface area contributed by atoms with Crippen molar-refractivity contribution in [2.45, 2.75) is 39.2 Å². The summed E-state index contributed by atoms with van der Waals surface area (Å²) in [6.07, 6.45) is 3.41. The molecule has 0 heterocycles. The molecule has 2 unspecified atom stereocenters. The lowest BCUT2D eigenvalue weighted by atomic mass is 9.98. The van der Waals surface area contributed by atoms with E-state index >= 15 is 0 Å². The van der Waals surface area contributed by atoms with Crippen LogP contribution in [0, 0.1) is 11.8 Å². The largest absolute Gasteiger partial charge is 0.378 e. The standard InChI is InChI=1S/C12H24ClNO3S/c1-10(2)17-6-7-18(15,16)14-9-12-5-3-4-11(12)8-13/h10-12,14H,3-9H2,1-2H3. The predicted molar refractivity (Wildman–Crippen MR) is 74.4 cm³/mol.